The molecule has 146 valence electrons. The van der Waals surface area contributed by atoms with E-state index in [4.69, 9.17) is 4.74 Å². The second-order valence-electron chi connectivity index (χ2n) is 8.58. The van der Waals surface area contributed by atoms with Gasteiger partial charge in [0.25, 0.3) is 0 Å². The number of rotatable bonds is 6. The molecular formula is C23H34F2O. The third-order valence-corrected chi connectivity index (χ3v) is 6.95. The summed E-state index contributed by atoms with van der Waals surface area (Å²) >= 11 is 0. The van der Waals surface area contributed by atoms with Gasteiger partial charge in [0.1, 0.15) is 11.6 Å². The van der Waals surface area contributed by atoms with E-state index in [1.165, 1.54) is 58.5 Å². The van der Waals surface area contributed by atoms with Crippen LogP contribution in [0.5, 0.6) is 0 Å². The van der Waals surface area contributed by atoms with Crippen molar-refractivity contribution in [1.82, 2.24) is 0 Å². The minimum Gasteiger partial charge on any atom is -0.380 e. The molecule has 26 heavy (non-hydrogen) atoms. The van der Waals surface area contributed by atoms with Crippen LogP contribution in [0.4, 0.5) is 8.78 Å². The predicted molar refractivity (Wildman–Crippen MR) is 102 cm³/mol. The molecule has 0 aliphatic heterocycles. The van der Waals surface area contributed by atoms with Crippen LogP contribution in [0.1, 0.15) is 88.2 Å². The predicted octanol–water partition coefficient (Wildman–Crippen LogP) is 6.99. The Hall–Kier alpha value is -0.960. The van der Waals surface area contributed by atoms with Crippen molar-refractivity contribution in [3.05, 3.63) is 34.9 Å². The summed E-state index contributed by atoms with van der Waals surface area (Å²) in [5.41, 5.74) is 0.888. The first kappa shape index (κ1) is 19.8. The van der Waals surface area contributed by atoms with Crippen LogP contribution in [0.3, 0.4) is 0 Å². The second kappa shape index (κ2) is 9.30. The molecule has 2 aliphatic carbocycles. The van der Waals surface area contributed by atoms with Gasteiger partial charge >= 0.3 is 0 Å². The highest BCUT2D eigenvalue weighted by atomic mass is 19.1. The fourth-order valence-corrected chi connectivity index (χ4v) is 5.42. The lowest BCUT2D eigenvalue weighted by molar-refractivity contribution is 0.156. The van der Waals surface area contributed by atoms with Crippen LogP contribution < -0.4 is 0 Å². The Morgan fingerprint density at radius 3 is 1.92 bits per heavy atom. The minimum absolute atomic E-state index is 0.00854. The number of hydrogen-bond donors (Lipinski definition) is 0. The quantitative estimate of drug-likeness (QED) is 0.528. The van der Waals surface area contributed by atoms with Crippen LogP contribution >= 0.6 is 0 Å². The first-order valence-electron chi connectivity index (χ1n) is 10.6. The van der Waals surface area contributed by atoms with Gasteiger partial charge in [-0.15, -0.1) is 0 Å². The van der Waals surface area contributed by atoms with Crippen molar-refractivity contribution in [3.8, 4) is 0 Å². The molecule has 1 aromatic rings. The Kier molecular flexibility index (Phi) is 7.08. The van der Waals surface area contributed by atoms with Crippen LogP contribution in [0.25, 0.3) is 0 Å². The number of methoxy groups -OCH3 is 1. The molecule has 0 saturated heterocycles. The monoisotopic (exact) mass is 364 g/mol. The lowest BCUT2D eigenvalue weighted by Crippen LogP contribution is -2.25. The molecule has 0 unspecified atom stereocenters. The molecule has 0 spiro atoms. The largest absolute Gasteiger partial charge is 0.380 e. The zero-order valence-corrected chi connectivity index (χ0v) is 16.4. The molecule has 2 fully saturated rings. The molecule has 0 amide bonds. The summed E-state index contributed by atoms with van der Waals surface area (Å²) in [4.78, 5) is 0. The van der Waals surface area contributed by atoms with Crippen LogP contribution in [-0.4, -0.2) is 7.11 Å². The van der Waals surface area contributed by atoms with E-state index < -0.39 is 11.6 Å². The minimum atomic E-state index is -0.460. The Balaban J connectivity index is 1.54. The summed E-state index contributed by atoms with van der Waals surface area (Å²) in [6.45, 7) is 2.28. The molecule has 1 aromatic carbocycles. The molecule has 0 N–H and O–H groups in total. The molecule has 3 rings (SSSR count). The van der Waals surface area contributed by atoms with Crippen LogP contribution in [0.15, 0.2) is 12.1 Å². The van der Waals surface area contributed by atoms with Gasteiger partial charge in [0.15, 0.2) is 0 Å². The van der Waals surface area contributed by atoms with Crippen molar-refractivity contribution in [2.24, 2.45) is 17.8 Å². The highest BCUT2D eigenvalue weighted by Crippen LogP contribution is 2.44. The summed E-state index contributed by atoms with van der Waals surface area (Å²) in [5.74, 6) is 2.07. The van der Waals surface area contributed by atoms with Gasteiger partial charge in [-0.2, -0.15) is 0 Å². The van der Waals surface area contributed by atoms with Crippen molar-refractivity contribution >= 4 is 0 Å². The van der Waals surface area contributed by atoms with Gasteiger partial charge in [0.05, 0.1) is 6.61 Å². The molecule has 0 radical (unpaired) electrons. The highest BCUT2D eigenvalue weighted by Gasteiger charge is 2.31. The maximum absolute atomic E-state index is 14.2. The molecule has 1 nitrogen and oxygen atoms in total. The third kappa shape index (κ3) is 4.65. The summed E-state index contributed by atoms with van der Waals surface area (Å²) < 4.78 is 33.3. The van der Waals surface area contributed by atoms with Crippen molar-refractivity contribution < 1.29 is 13.5 Å². The van der Waals surface area contributed by atoms with E-state index in [9.17, 15) is 8.78 Å². The van der Waals surface area contributed by atoms with Gasteiger partial charge in [-0.3, -0.25) is 0 Å². The number of hydrogen-bond acceptors (Lipinski definition) is 1. The van der Waals surface area contributed by atoms with E-state index in [0.29, 0.717) is 5.92 Å². The topological polar surface area (TPSA) is 9.23 Å². The van der Waals surface area contributed by atoms with Crippen LogP contribution in [-0.2, 0) is 11.3 Å². The average Bonchev–Trinajstić information content (AvgIpc) is 2.66. The molecule has 2 saturated carbocycles. The smallest absolute Gasteiger partial charge is 0.131 e. The van der Waals surface area contributed by atoms with Gasteiger partial charge < -0.3 is 4.74 Å². The standard InChI is InChI=1S/C23H34F2O/c1-3-4-16-5-7-17(8-6-16)18-9-11-19(12-10-18)20-13-22(24)21(15-26-2)23(25)14-20/h13-14,16-19H,3-12,15H2,1-2H3. The maximum atomic E-state index is 14.2. The van der Waals surface area contributed by atoms with E-state index in [2.05, 4.69) is 6.92 Å². The SMILES string of the molecule is CCCC1CCC(C2CCC(c3cc(F)c(COC)c(F)c3)CC2)CC1. The van der Waals surface area contributed by atoms with Crippen molar-refractivity contribution in [2.45, 2.75) is 83.7 Å². The Bertz CT molecular complexity index is 547. The van der Waals surface area contributed by atoms with Gasteiger partial charge in [0, 0.05) is 12.7 Å². The Labute approximate surface area is 157 Å². The lowest BCUT2D eigenvalue weighted by Gasteiger charge is -2.38. The summed E-state index contributed by atoms with van der Waals surface area (Å²) in [7, 11) is 1.46. The van der Waals surface area contributed by atoms with E-state index in [1.807, 2.05) is 0 Å². The first-order valence-corrected chi connectivity index (χ1v) is 10.6. The third-order valence-electron chi connectivity index (χ3n) is 6.95. The fraction of sp³-hybridized carbons (Fsp3) is 0.739. The molecular weight excluding hydrogens is 330 g/mol. The van der Waals surface area contributed by atoms with Gasteiger partial charge in [-0.05, 0) is 79.9 Å². The molecule has 0 aromatic heterocycles. The highest BCUT2D eigenvalue weighted by molar-refractivity contribution is 5.28. The zero-order valence-electron chi connectivity index (χ0n) is 16.4. The molecule has 0 heterocycles. The molecule has 2 aliphatic rings. The summed E-state index contributed by atoms with van der Waals surface area (Å²) in [6.07, 6.45) is 12.9. The van der Waals surface area contributed by atoms with E-state index >= 15 is 0 Å². The normalized spacial score (nSPS) is 29.7. The maximum Gasteiger partial charge on any atom is 0.131 e. The van der Waals surface area contributed by atoms with Crippen LogP contribution in [0, 0.1) is 29.4 Å². The number of halogens is 2. The van der Waals surface area contributed by atoms with Gasteiger partial charge in [-0.25, -0.2) is 8.78 Å². The molecule has 0 bridgehead atoms. The molecule has 0 atom stereocenters. The second-order valence-corrected chi connectivity index (χ2v) is 8.58. The number of benzene rings is 1. The Morgan fingerprint density at radius 2 is 1.42 bits per heavy atom. The number of ether oxygens (including phenoxy) is 1. The zero-order chi connectivity index (χ0) is 18.5. The van der Waals surface area contributed by atoms with E-state index in [0.717, 1.165) is 36.2 Å². The fourth-order valence-electron chi connectivity index (χ4n) is 5.42. The van der Waals surface area contributed by atoms with Crippen molar-refractivity contribution in [1.29, 1.82) is 0 Å². The first-order chi connectivity index (χ1) is 12.6. The van der Waals surface area contributed by atoms with Crippen LogP contribution in [0.2, 0.25) is 0 Å². The summed E-state index contributed by atoms with van der Waals surface area (Å²) in [6, 6.07) is 3.08. The average molecular weight is 365 g/mol. The van der Waals surface area contributed by atoms with E-state index in [-0.39, 0.29) is 12.2 Å². The van der Waals surface area contributed by atoms with Gasteiger partial charge in [-0.1, -0.05) is 32.6 Å². The van der Waals surface area contributed by atoms with Crippen molar-refractivity contribution in [3.63, 3.8) is 0 Å². The lowest BCUT2D eigenvalue weighted by atomic mass is 9.68. The van der Waals surface area contributed by atoms with Crippen molar-refractivity contribution in [2.75, 3.05) is 7.11 Å². The van der Waals surface area contributed by atoms with E-state index in [1.54, 1.807) is 12.1 Å². The Morgan fingerprint density at radius 1 is 0.885 bits per heavy atom. The van der Waals surface area contributed by atoms with Gasteiger partial charge in [0.2, 0.25) is 0 Å². The molecule has 3 heteroatoms. The summed E-state index contributed by atoms with van der Waals surface area (Å²) in [5, 5.41) is 0.